The maximum Gasteiger partial charge on any atom is 0.340 e. The molecule has 0 aromatic carbocycles. The van der Waals surface area contributed by atoms with Crippen LogP contribution in [-0.4, -0.2) is 22.2 Å². The lowest BCUT2D eigenvalue weighted by Gasteiger charge is -2.27. The average molecular weight is 358 g/mol. The first-order valence-electron chi connectivity index (χ1n) is 7.98. The summed E-state index contributed by atoms with van der Waals surface area (Å²) >= 11 is 0. The molecular formula is C18H18N2O6. The molecule has 0 aliphatic carbocycles. The third-order valence-electron chi connectivity index (χ3n) is 3.77. The van der Waals surface area contributed by atoms with Gasteiger partial charge in [-0.1, -0.05) is 0 Å². The van der Waals surface area contributed by atoms with Gasteiger partial charge in [0.2, 0.25) is 17.1 Å². The second-order valence-electron chi connectivity index (χ2n) is 5.98. The number of ether oxygens (including phenoxy) is 2. The molecule has 3 heterocycles. The molecule has 136 valence electrons. The van der Waals surface area contributed by atoms with Crippen LogP contribution < -0.4 is 15.9 Å². The van der Waals surface area contributed by atoms with Crippen LogP contribution in [0.3, 0.4) is 0 Å². The van der Waals surface area contributed by atoms with Gasteiger partial charge in [0.05, 0.1) is 12.0 Å². The normalized spacial score (nSPS) is 16.2. The van der Waals surface area contributed by atoms with E-state index in [1.54, 1.807) is 38.4 Å². The summed E-state index contributed by atoms with van der Waals surface area (Å²) in [4.78, 5) is 28.9. The first-order chi connectivity index (χ1) is 12.4. The molecule has 0 spiro atoms. The van der Waals surface area contributed by atoms with Crippen molar-refractivity contribution in [3.8, 4) is 5.75 Å². The van der Waals surface area contributed by atoms with E-state index < -0.39 is 23.9 Å². The highest BCUT2D eigenvalue weighted by Crippen LogP contribution is 2.41. The summed E-state index contributed by atoms with van der Waals surface area (Å²) in [6, 6.07) is 4.45. The van der Waals surface area contributed by atoms with Gasteiger partial charge in [0, 0.05) is 18.5 Å². The topological polar surface area (TPSA) is 125 Å². The zero-order chi connectivity index (χ0) is 18.8. The van der Waals surface area contributed by atoms with E-state index in [-0.39, 0.29) is 34.8 Å². The van der Waals surface area contributed by atoms with Crippen molar-refractivity contribution in [2.45, 2.75) is 32.5 Å². The fourth-order valence-electron chi connectivity index (χ4n) is 2.73. The van der Waals surface area contributed by atoms with Crippen LogP contribution in [0.5, 0.6) is 5.75 Å². The minimum Gasteiger partial charge on any atom is -0.459 e. The van der Waals surface area contributed by atoms with Gasteiger partial charge in [-0.3, -0.25) is 9.78 Å². The van der Waals surface area contributed by atoms with Crippen LogP contribution in [0, 0.1) is 0 Å². The van der Waals surface area contributed by atoms with E-state index in [2.05, 4.69) is 4.98 Å². The lowest BCUT2D eigenvalue weighted by atomic mass is 9.87. The summed E-state index contributed by atoms with van der Waals surface area (Å²) in [5.41, 5.74) is 6.08. The van der Waals surface area contributed by atoms with Crippen LogP contribution in [0.2, 0.25) is 0 Å². The van der Waals surface area contributed by atoms with Gasteiger partial charge in [0.15, 0.2) is 5.76 Å². The number of aliphatic hydroxyl groups excluding tert-OH is 1. The minimum absolute atomic E-state index is 0.0237. The number of hydrogen-bond acceptors (Lipinski definition) is 8. The number of carbonyl (C=O) groups is 1. The molecule has 3 rings (SSSR count). The number of aromatic nitrogens is 1. The monoisotopic (exact) mass is 358 g/mol. The molecule has 0 saturated heterocycles. The summed E-state index contributed by atoms with van der Waals surface area (Å²) in [7, 11) is 0. The highest BCUT2D eigenvalue weighted by Gasteiger charge is 2.39. The smallest absolute Gasteiger partial charge is 0.340 e. The third-order valence-corrected chi connectivity index (χ3v) is 3.77. The molecule has 0 amide bonds. The van der Waals surface area contributed by atoms with Crippen molar-refractivity contribution >= 4 is 5.97 Å². The molecule has 0 fully saturated rings. The Morgan fingerprint density at radius 1 is 1.38 bits per heavy atom. The molecule has 1 unspecified atom stereocenters. The quantitative estimate of drug-likeness (QED) is 0.781. The summed E-state index contributed by atoms with van der Waals surface area (Å²) in [5.74, 6) is -1.73. The van der Waals surface area contributed by atoms with E-state index in [0.29, 0.717) is 5.56 Å². The molecule has 26 heavy (non-hydrogen) atoms. The molecule has 1 aliphatic heterocycles. The van der Waals surface area contributed by atoms with Crippen LogP contribution in [0.15, 0.2) is 51.3 Å². The predicted octanol–water partition coefficient (Wildman–Crippen LogP) is 1.17. The Bertz CT molecular complexity index is 917. The van der Waals surface area contributed by atoms with Crippen LogP contribution in [0.1, 0.15) is 36.8 Å². The zero-order valence-corrected chi connectivity index (χ0v) is 14.3. The van der Waals surface area contributed by atoms with Gasteiger partial charge < -0.3 is 24.7 Å². The number of nitrogens with zero attached hydrogens (tertiary/aromatic N) is 1. The lowest BCUT2D eigenvalue weighted by molar-refractivity contribution is -0.143. The molecule has 2 aromatic rings. The molecule has 0 radical (unpaired) electrons. The molecule has 3 N–H and O–H groups in total. The Morgan fingerprint density at radius 2 is 2.08 bits per heavy atom. The van der Waals surface area contributed by atoms with E-state index in [0.717, 1.165) is 6.07 Å². The number of nitrogens with two attached hydrogens (primary N) is 1. The Balaban J connectivity index is 2.24. The van der Waals surface area contributed by atoms with Gasteiger partial charge in [0.1, 0.15) is 17.9 Å². The van der Waals surface area contributed by atoms with Gasteiger partial charge in [-0.05, 0) is 31.5 Å². The predicted molar refractivity (Wildman–Crippen MR) is 90.1 cm³/mol. The van der Waals surface area contributed by atoms with Gasteiger partial charge in [-0.15, -0.1) is 0 Å². The number of hydrogen-bond donors (Lipinski definition) is 2. The number of esters is 1. The van der Waals surface area contributed by atoms with Crippen molar-refractivity contribution in [2.75, 3.05) is 0 Å². The standard InChI is InChI=1S/C18H18N2O6/c1-9(2)24-18(23)14-13(10-3-5-20-6-4-10)16-15(26-17(14)19)12(22)7-11(8-21)25-16/h3-7,9,13,21H,8,19H2,1-2H3. The number of aliphatic hydroxyl groups is 1. The summed E-state index contributed by atoms with van der Waals surface area (Å²) in [5, 5.41) is 9.35. The van der Waals surface area contributed by atoms with Gasteiger partial charge >= 0.3 is 5.97 Å². The first-order valence-corrected chi connectivity index (χ1v) is 7.98. The molecule has 8 nitrogen and oxygen atoms in total. The zero-order valence-electron chi connectivity index (χ0n) is 14.3. The summed E-state index contributed by atoms with van der Waals surface area (Å²) < 4.78 is 16.3. The maximum atomic E-state index is 12.6. The second kappa shape index (κ2) is 7.01. The fourth-order valence-corrected chi connectivity index (χ4v) is 2.73. The van der Waals surface area contributed by atoms with Crippen molar-refractivity contribution in [1.29, 1.82) is 0 Å². The van der Waals surface area contributed by atoms with Crippen molar-refractivity contribution in [1.82, 2.24) is 4.98 Å². The van der Waals surface area contributed by atoms with E-state index in [9.17, 15) is 14.7 Å². The number of carbonyl (C=O) groups excluding carboxylic acids is 1. The third kappa shape index (κ3) is 3.18. The SMILES string of the molecule is CC(C)OC(=O)C1=C(N)Oc2c(oc(CO)cc2=O)C1c1ccncc1. The maximum absolute atomic E-state index is 12.6. The van der Waals surface area contributed by atoms with Crippen LogP contribution in [-0.2, 0) is 16.1 Å². The van der Waals surface area contributed by atoms with Crippen molar-refractivity contribution in [3.05, 3.63) is 69.4 Å². The van der Waals surface area contributed by atoms with Crippen LogP contribution in [0.25, 0.3) is 0 Å². The highest BCUT2D eigenvalue weighted by atomic mass is 16.5. The molecular weight excluding hydrogens is 340 g/mol. The molecule has 0 bridgehead atoms. The Morgan fingerprint density at radius 3 is 2.69 bits per heavy atom. The van der Waals surface area contributed by atoms with E-state index >= 15 is 0 Å². The Kier molecular flexibility index (Phi) is 4.77. The lowest BCUT2D eigenvalue weighted by Crippen LogP contribution is -2.31. The van der Waals surface area contributed by atoms with E-state index in [4.69, 9.17) is 19.6 Å². The highest BCUT2D eigenvalue weighted by molar-refractivity contribution is 5.92. The second-order valence-corrected chi connectivity index (χ2v) is 5.98. The molecule has 2 aromatic heterocycles. The Hall–Kier alpha value is -3.13. The van der Waals surface area contributed by atoms with Crippen LogP contribution >= 0.6 is 0 Å². The van der Waals surface area contributed by atoms with Crippen LogP contribution in [0.4, 0.5) is 0 Å². The van der Waals surface area contributed by atoms with E-state index in [1.165, 1.54) is 0 Å². The van der Waals surface area contributed by atoms with Gasteiger partial charge in [-0.25, -0.2) is 4.79 Å². The first kappa shape index (κ1) is 17.7. The summed E-state index contributed by atoms with van der Waals surface area (Å²) in [6.45, 7) is 2.94. The van der Waals surface area contributed by atoms with Gasteiger partial charge in [-0.2, -0.15) is 0 Å². The van der Waals surface area contributed by atoms with Crippen molar-refractivity contribution in [2.24, 2.45) is 5.73 Å². The number of rotatable bonds is 4. The summed E-state index contributed by atoms with van der Waals surface area (Å²) in [6.07, 6.45) is 2.71. The van der Waals surface area contributed by atoms with Crippen molar-refractivity contribution < 1.29 is 23.8 Å². The fraction of sp³-hybridized carbons (Fsp3) is 0.278. The van der Waals surface area contributed by atoms with Crippen molar-refractivity contribution in [3.63, 3.8) is 0 Å². The average Bonchev–Trinajstić information content (AvgIpc) is 2.61. The molecule has 0 saturated carbocycles. The molecule has 1 atom stereocenters. The largest absolute Gasteiger partial charge is 0.459 e. The van der Waals surface area contributed by atoms with Gasteiger partial charge in [0.25, 0.3) is 0 Å². The number of pyridine rings is 1. The number of fused-ring (bicyclic) bond motifs is 1. The molecule has 1 aliphatic rings. The minimum atomic E-state index is -0.827. The molecule has 8 heteroatoms. The Labute approximate surface area is 148 Å². The van der Waals surface area contributed by atoms with E-state index in [1.807, 2.05) is 0 Å².